The van der Waals surface area contributed by atoms with Crippen LogP contribution in [-0.2, 0) is 6.54 Å². The van der Waals surface area contributed by atoms with Gasteiger partial charge in [0.15, 0.2) is 0 Å². The first-order chi connectivity index (χ1) is 9.13. The van der Waals surface area contributed by atoms with Crippen LogP contribution in [0.25, 0.3) is 11.0 Å². The van der Waals surface area contributed by atoms with E-state index in [0.717, 1.165) is 20.0 Å². The van der Waals surface area contributed by atoms with Crippen molar-refractivity contribution in [1.29, 1.82) is 0 Å². The van der Waals surface area contributed by atoms with Crippen LogP contribution in [0, 0.1) is 0 Å². The SMILES string of the molecule is Nc1nc2ccc(Br)cc2n1Cc1ccc(Br)cc1. The summed E-state index contributed by atoms with van der Waals surface area (Å²) in [5, 5.41) is 0. The molecule has 0 bridgehead atoms. The number of halogens is 2. The van der Waals surface area contributed by atoms with Crippen LogP contribution in [0.3, 0.4) is 0 Å². The number of rotatable bonds is 2. The Morgan fingerprint density at radius 2 is 1.68 bits per heavy atom. The average molecular weight is 381 g/mol. The molecule has 5 heteroatoms. The zero-order chi connectivity index (χ0) is 13.4. The Labute approximate surface area is 127 Å². The molecule has 0 aliphatic rings. The van der Waals surface area contributed by atoms with Gasteiger partial charge >= 0.3 is 0 Å². The molecular formula is C14H11Br2N3. The number of nitrogen functional groups attached to an aromatic ring is 1. The van der Waals surface area contributed by atoms with Crippen LogP contribution >= 0.6 is 31.9 Å². The summed E-state index contributed by atoms with van der Waals surface area (Å²) in [6.07, 6.45) is 0. The highest BCUT2D eigenvalue weighted by molar-refractivity contribution is 9.10. The molecule has 0 saturated heterocycles. The van der Waals surface area contributed by atoms with Crippen molar-refractivity contribution in [3.05, 3.63) is 57.0 Å². The number of nitrogens with zero attached hydrogens (tertiary/aromatic N) is 2. The van der Waals surface area contributed by atoms with Gasteiger partial charge in [-0.15, -0.1) is 0 Å². The highest BCUT2D eigenvalue weighted by atomic mass is 79.9. The Bertz CT molecular complexity index is 732. The number of imidazole rings is 1. The highest BCUT2D eigenvalue weighted by Crippen LogP contribution is 2.23. The number of fused-ring (bicyclic) bond motifs is 1. The minimum absolute atomic E-state index is 0.538. The van der Waals surface area contributed by atoms with E-state index in [-0.39, 0.29) is 0 Å². The fourth-order valence-corrected chi connectivity index (χ4v) is 2.67. The lowest BCUT2D eigenvalue weighted by Crippen LogP contribution is -2.04. The summed E-state index contributed by atoms with van der Waals surface area (Å²) < 4.78 is 4.11. The molecule has 0 radical (unpaired) electrons. The van der Waals surface area contributed by atoms with E-state index in [1.54, 1.807) is 0 Å². The predicted molar refractivity (Wildman–Crippen MR) is 85.1 cm³/mol. The summed E-state index contributed by atoms with van der Waals surface area (Å²) >= 11 is 6.92. The Morgan fingerprint density at radius 1 is 1.00 bits per heavy atom. The first-order valence-electron chi connectivity index (χ1n) is 5.79. The normalized spacial score (nSPS) is 11.1. The number of nitrogens with two attached hydrogens (primary N) is 1. The van der Waals surface area contributed by atoms with Gasteiger partial charge in [0, 0.05) is 8.95 Å². The molecule has 0 amide bonds. The molecule has 0 fully saturated rings. The van der Waals surface area contributed by atoms with E-state index < -0.39 is 0 Å². The standard InChI is InChI=1S/C14H11Br2N3/c15-10-3-1-9(2-4-10)8-19-13-7-11(16)5-6-12(13)18-14(19)17/h1-7H,8H2,(H2,17,18). The molecule has 0 atom stereocenters. The zero-order valence-corrected chi connectivity index (χ0v) is 13.1. The lowest BCUT2D eigenvalue weighted by molar-refractivity contribution is 0.838. The van der Waals surface area contributed by atoms with Crippen molar-refractivity contribution in [2.75, 3.05) is 5.73 Å². The second-order valence-electron chi connectivity index (χ2n) is 4.32. The molecule has 3 aromatic rings. The van der Waals surface area contributed by atoms with E-state index in [0.29, 0.717) is 12.5 Å². The van der Waals surface area contributed by atoms with E-state index in [9.17, 15) is 0 Å². The fraction of sp³-hybridized carbons (Fsp3) is 0.0714. The van der Waals surface area contributed by atoms with E-state index in [2.05, 4.69) is 49.0 Å². The van der Waals surface area contributed by atoms with Crippen molar-refractivity contribution in [3.63, 3.8) is 0 Å². The van der Waals surface area contributed by atoms with Gasteiger partial charge in [-0.25, -0.2) is 4.98 Å². The van der Waals surface area contributed by atoms with Crippen LogP contribution in [0.1, 0.15) is 5.56 Å². The van der Waals surface area contributed by atoms with Crippen LogP contribution in [0.4, 0.5) is 5.95 Å². The minimum Gasteiger partial charge on any atom is -0.369 e. The summed E-state index contributed by atoms with van der Waals surface area (Å²) in [5.41, 5.74) is 9.15. The van der Waals surface area contributed by atoms with Crippen LogP contribution in [-0.4, -0.2) is 9.55 Å². The van der Waals surface area contributed by atoms with Crippen molar-refractivity contribution in [2.24, 2.45) is 0 Å². The number of hydrogen-bond acceptors (Lipinski definition) is 2. The van der Waals surface area contributed by atoms with Gasteiger partial charge in [-0.1, -0.05) is 44.0 Å². The minimum atomic E-state index is 0.538. The van der Waals surface area contributed by atoms with Crippen LogP contribution in [0.2, 0.25) is 0 Å². The van der Waals surface area contributed by atoms with Gasteiger partial charge in [0.05, 0.1) is 17.6 Å². The first-order valence-corrected chi connectivity index (χ1v) is 7.38. The van der Waals surface area contributed by atoms with Gasteiger partial charge in [0.1, 0.15) is 0 Å². The fourth-order valence-electron chi connectivity index (χ4n) is 2.05. The van der Waals surface area contributed by atoms with Gasteiger partial charge in [-0.2, -0.15) is 0 Å². The zero-order valence-electron chi connectivity index (χ0n) is 9.98. The van der Waals surface area contributed by atoms with Gasteiger partial charge in [-0.3, -0.25) is 0 Å². The molecule has 0 unspecified atom stereocenters. The maximum absolute atomic E-state index is 6.01. The maximum Gasteiger partial charge on any atom is 0.201 e. The highest BCUT2D eigenvalue weighted by Gasteiger charge is 2.08. The molecule has 3 nitrogen and oxygen atoms in total. The number of anilines is 1. The summed E-state index contributed by atoms with van der Waals surface area (Å²) in [4.78, 5) is 4.38. The number of benzene rings is 2. The largest absolute Gasteiger partial charge is 0.369 e. The molecule has 2 N–H and O–H groups in total. The molecule has 0 aliphatic carbocycles. The maximum atomic E-state index is 6.01. The molecule has 0 aliphatic heterocycles. The summed E-state index contributed by atoms with van der Waals surface area (Å²) in [7, 11) is 0. The molecular weight excluding hydrogens is 370 g/mol. The van der Waals surface area contributed by atoms with E-state index >= 15 is 0 Å². The Hall–Kier alpha value is -1.33. The Kier molecular flexibility index (Phi) is 3.33. The topological polar surface area (TPSA) is 43.8 Å². The monoisotopic (exact) mass is 379 g/mol. The number of aromatic nitrogens is 2. The molecule has 0 saturated carbocycles. The third kappa shape index (κ3) is 2.53. The van der Waals surface area contributed by atoms with E-state index in [4.69, 9.17) is 5.73 Å². The van der Waals surface area contributed by atoms with Crippen molar-refractivity contribution < 1.29 is 0 Å². The van der Waals surface area contributed by atoms with Crippen molar-refractivity contribution in [2.45, 2.75) is 6.54 Å². The molecule has 19 heavy (non-hydrogen) atoms. The molecule has 0 spiro atoms. The van der Waals surface area contributed by atoms with Gasteiger partial charge < -0.3 is 10.3 Å². The Morgan fingerprint density at radius 3 is 2.42 bits per heavy atom. The third-order valence-corrected chi connectivity index (χ3v) is 4.02. The average Bonchev–Trinajstić information content (AvgIpc) is 2.69. The van der Waals surface area contributed by atoms with Gasteiger partial charge in [-0.05, 0) is 35.9 Å². The van der Waals surface area contributed by atoms with Crippen molar-refractivity contribution in [3.8, 4) is 0 Å². The molecule has 96 valence electrons. The predicted octanol–water partition coefficient (Wildman–Crippen LogP) is 4.19. The second kappa shape index (κ2) is 4.98. The quantitative estimate of drug-likeness (QED) is 0.724. The third-order valence-electron chi connectivity index (χ3n) is 2.99. The second-order valence-corrected chi connectivity index (χ2v) is 6.15. The summed E-state index contributed by atoms with van der Waals surface area (Å²) in [6, 6.07) is 14.2. The molecule has 3 rings (SSSR count). The molecule has 2 aromatic carbocycles. The summed E-state index contributed by atoms with van der Waals surface area (Å²) in [6.45, 7) is 0.714. The number of hydrogen-bond donors (Lipinski definition) is 1. The van der Waals surface area contributed by atoms with Crippen molar-refractivity contribution in [1.82, 2.24) is 9.55 Å². The lowest BCUT2D eigenvalue weighted by atomic mass is 10.2. The van der Waals surface area contributed by atoms with Crippen LogP contribution in [0.5, 0.6) is 0 Å². The molecule has 1 aromatic heterocycles. The van der Waals surface area contributed by atoms with Gasteiger partial charge in [0.2, 0.25) is 5.95 Å². The molecule has 1 heterocycles. The first kappa shape index (κ1) is 12.7. The summed E-state index contributed by atoms with van der Waals surface area (Å²) in [5.74, 6) is 0.538. The Balaban J connectivity index is 2.06. The van der Waals surface area contributed by atoms with Crippen molar-refractivity contribution >= 4 is 48.8 Å². The van der Waals surface area contributed by atoms with E-state index in [1.807, 2.05) is 34.9 Å². The van der Waals surface area contributed by atoms with Crippen LogP contribution < -0.4 is 5.73 Å². The van der Waals surface area contributed by atoms with Gasteiger partial charge in [0.25, 0.3) is 0 Å². The van der Waals surface area contributed by atoms with Crippen LogP contribution in [0.15, 0.2) is 51.4 Å². The smallest absolute Gasteiger partial charge is 0.201 e. The lowest BCUT2D eigenvalue weighted by Gasteiger charge is -2.07. The van der Waals surface area contributed by atoms with E-state index in [1.165, 1.54) is 5.56 Å².